The number of nitrogens with zero attached hydrogens (tertiary/aromatic N) is 1. The zero-order valence-electron chi connectivity index (χ0n) is 18.4. The monoisotopic (exact) mass is 507 g/mol. The van der Waals surface area contributed by atoms with Gasteiger partial charge >= 0.3 is 5.97 Å². The first kappa shape index (κ1) is 25.5. The molecule has 0 unspecified atom stereocenters. The SMILES string of the molecule is CCOC(=O)C(C#N)=Cc1ccc(C[P+](CC)(c2ccccc2)c2ccccc2)cc1.[Br-]. The molecule has 0 atom stereocenters. The molecule has 0 saturated carbocycles. The molecule has 164 valence electrons. The van der Waals surface area contributed by atoms with Crippen LogP contribution in [0, 0.1) is 11.3 Å². The van der Waals surface area contributed by atoms with Gasteiger partial charge in [-0.15, -0.1) is 0 Å². The zero-order valence-corrected chi connectivity index (χ0v) is 20.9. The highest BCUT2D eigenvalue weighted by atomic mass is 79.9. The predicted octanol–water partition coefficient (Wildman–Crippen LogP) is 2.35. The first-order valence-corrected chi connectivity index (χ1v) is 12.6. The van der Waals surface area contributed by atoms with Crippen molar-refractivity contribution in [1.29, 1.82) is 5.26 Å². The minimum Gasteiger partial charge on any atom is -1.00 e. The molecule has 0 aliphatic heterocycles. The molecule has 0 aromatic heterocycles. The number of rotatable bonds is 8. The van der Waals surface area contributed by atoms with Crippen LogP contribution in [0.1, 0.15) is 25.0 Å². The van der Waals surface area contributed by atoms with Crippen molar-refractivity contribution >= 4 is 29.9 Å². The van der Waals surface area contributed by atoms with Gasteiger partial charge in [-0.3, -0.25) is 0 Å². The molecular weight excluding hydrogens is 481 g/mol. The first-order valence-electron chi connectivity index (χ1n) is 10.5. The van der Waals surface area contributed by atoms with E-state index in [1.807, 2.05) is 18.2 Å². The van der Waals surface area contributed by atoms with E-state index in [4.69, 9.17) is 4.74 Å². The Hall–Kier alpha value is -2.73. The third kappa shape index (κ3) is 5.94. The van der Waals surface area contributed by atoms with Crippen LogP contribution in [0.2, 0.25) is 0 Å². The van der Waals surface area contributed by atoms with Gasteiger partial charge in [-0.05, 0) is 55.3 Å². The lowest BCUT2D eigenvalue weighted by Gasteiger charge is -2.26. The van der Waals surface area contributed by atoms with E-state index in [1.54, 1.807) is 13.0 Å². The maximum atomic E-state index is 11.9. The van der Waals surface area contributed by atoms with E-state index in [9.17, 15) is 10.1 Å². The molecule has 0 radical (unpaired) electrons. The molecule has 3 nitrogen and oxygen atoms in total. The van der Waals surface area contributed by atoms with Gasteiger partial charge in [0.05, 0.1) is 36.8 Å². The molecule has 0 aliphatic carbocycles. The molecular formula is C27H27BrNO2P. The fourth-order valence-electron chi connectivity index (χ4n) is 3.78. The maximum absolute atomic E-state index is 11.9. The van der Waals surface area contributed by atoms with Gasteiger partial charge in [-0.2, -0.15) is 5.26 Å². The second-order valence-corrected chi connectivity index (χ2v) is 11.2. The summed E-state index contributed by atoms with van der Waals surface area (Å²) in [7, 11) is -1.62. The number of hydrogen-bond acceptors (Lipinski definition) is 3. The number of carbonyl (C=O) groups is 1. The Morgan fingerprint density at radius 3 is 1.88 bits per heavy atom. The second-order valence-electron chi connectivity index (χ2n) is 7.25. The highest BCUT2D eigenvalue weighted by molar-refractivity contribution is 7.88. The van der Waals surface area contributed by atoms with Crippen LogP contribution in [0.4, 0.5) is 0 Å². The van der Waals surface area contributed by atoms with Gasteiger partial charge in [-0.25, -0.2) is 4.79 Å². The van der Waals surface area contributed by atoms with E-state index in [0.717, 1.165) is 17.9 Å². The van der Waals surface area contributed by atoms with E-state index >= 15 is 0 Å². The third-order valence-corrected chi connectivity index (χ3v) is 9.96. The van der Waals surface area contributed by atoms with Gasteiger partial charge in [0.2, 0.25) is 0 Å². The van der Waals surface area contributed by atoms with Crippen molar-refractivity contribution in [2.75, 3.05) is 12.8 Å². The lowest BCUT2D eigenvalue weighted by atomic mass is 10.1. The highest BCUT2D eigenvalue weighted by Crippen LogP contribution is 2.58. The Morgan fingerprint density at radius 2 is 1.44 bits per heavy atom. The number of halogens is 1. The molecule has 0 saturated heterocycles. The summed E-state index contributed by atoms with van der Waals surface area (Å²) < 4.78 is 4.94. The maximum Gasteiger partial charge on any atom is 0.348 e. The average molecular weight is 508 g/mol. The normalized spacial score (nSPS) is 11.2. The van der Waals surface area contributed by atoms with Crippen molar-refractivity contribution in [2.45, 2.75) is 20.0 Å². The fraction of sp³-hybridized carbons (Fsp3) is 0.185. The van der Waals surface area contributed by atoms with E-state index in [-0.39, 0.29) is 29.2 Å². The van der Waals surface area contributed by atoms with E-state index in [1.165, 1.54) is 16.2 Å². The molecule has 0 fully saturated rings. The number of esters is 1. The van der Waals surface area contributed by atoms with Gasteiger partial charge < -0.3 is 21.7 Å². The van der Waals surface area contributed by atoms with Gasteiger partial charge in [0.15, 0.2) is 0 Å². The Labute approximate surface area is 201 Å². The number of ether oxygens (including phenoxy) is 1. The number of benzene rings is 3. The molecule has 32 heavy (non-hydrogen) atoms. The molecule has 3 aromatic carbocycles. The summed E-state index contributed by atoms with van der Waals surface area (Å²) in [4.78, 5) is 11.9. The number of hydrogen-bond donors (Lipinski definition) is 0. The molecule has 5 heteroatoms. The Morgan fingerprint density at radius 1 is 0.906 bits per heavy atom. The molecule has 0 bridgehead atoms. The predicted molar refractivity (Wildman–Crippen MR) is 130 cm³/mol. The molecule has 0 amide bonds. The standard InChI is InChI=1S/C27H27NO2P.BrH/c1-3-30-27(29)24(20-28)19-22-15-17-23(18-16-22)21-31(4-2,25-11-7-5-8-12-25)26-13-9-6-10-14-26;/h5-19H,3-4,21H2,1-2H3;1H/q+1;/p-1. The Kier molecular flexibility index (Phi) is 9.85. The molecule has 0 N–H and O–H groups in total. The number of nitriles is 1. The summed E-state index contributed by atoms with van der Waals surface area (Å²) in [6.07, 6.45) is 3.62. The summed E-state index contributed by atoms with van der Waals surface area (Å²) in [6, 6.07) is 31.7. The minimum atomic E-state index is -1.62. The largest absolute Gasteiger partial charge is 1.00 e. The Balaban J connectivity index is 0.00000363. The van der Waals surface area contributed by atoms with Crippen LogP contribution < -0.4 is 27.6 Å². The summed E-state index contributed by atoms with van der Waals surface area (Å²) in [6.45, 7) is 4.26. The van der Waals surface area contributed by atoms with Crippen LogP contribution in [0.15, 0.2) is 90.5 Å². The van der Waals surface area contributed by atoms with Crippen LogP contribution in [-0.2, 0) is 15.7 Å². The molecule has 3 aromatic rings. The fourth-order valence-corrected chi connectivity index (χ4v) is 7.72. The molecule has 0 aliphatic rings. The van der Waals surface area contributed by atoms with Gasteiger partial charge in [0.25, 0.3) is 0 Å². The second kappa shape index (κ2) is 12.3. The van der Waals surface area contributed by atoms with Crippen LogP contribution >= 0.6 is 7.26 Å². The van der Waals surface area contributed by atoms with Crippen molar-refractivity contribution in [1.82, 2.24) is 0 Å². The van der Waals surface area contributed by atoms with Crippen molar-refractivity contribution in [2.24, 2.45) is 0 Å². The topological polar surface area (TPSA) is 50.1 Å². The quantitative estimate of drug-likeness (QED) is 0.203. The van der Waals surface area contributed by atoms with Crippen molar-refractivity contribution < 1.29 is 26.5 Å². The minimum absolute atomic E-state index is 0. The average Bonchev–Trinajstić information content (AvgIpc) is 2.83. The van der Waals surface area contributed by atoms with Crippen LogP contribution in [-0.4, -0.2) is 18.7 Å². The summed E-state index contributed by atoms with van der Waals surface area (Å²) >= 11 is 0. The van der Waals surface area contributed by atoms with Gasteiger partial charge in [0, 0.05) is 0 Å². The van der Waals surface area contributed by atoms with Crippen LogP contribution in [0.5, 0.6) is 0 Å². The Bertz CT molecular complexity index is 1030. The third-order valence-electron chi connectivity index (χ3n) is 5.40. The van der Waals surface area contributed by atoms with E-state index < -0.39 is 13.2 Å². The van der Waals surface area contributed by atoms with Gasteiger partial charge in [0.1, 0.15) is 11.6 Å². The summed E-state index contributed by atoms with van der Waals surface area (Å²) in [5.41, 5.74) is 2.07. The van der Waals surface area contributed by atoms with E-state index in [2.05, 4.69) is 79.7 Å². The number of carbonyl (C=O) groups excluding carboxylic acids is 1. The zero-order chi connectivity index (χ0) is 22.1. The van der Waals surface area contributed by atoms with Crippen LogP contribution in [0.25, 0.3) is 6.08 Å². The van der Waals surface area contributed by atoms with Gasteiger partial charge in [-0.1, -0.05) is 60.7 Å². The van der Waals surface area contributed by atoms with Crippen LogP contribution in [0.3, 0.4) is 0 Å². The van der Waals surface area contributed by atoms with Crippen molar-refractivity contribution in [3.05, 3.63) is 102 Å². The summed E-state index contributed by atoms with van der Waals surface area (Å²) in [5, 5.41) is 12.1. The highest BCUT2D eigenvalue weighted by Gasteiger charge is 2.40. The molecule has 3 rings (SSSR count). The summed E-state index contributed by atoms with van der Waals surface area (Å²) in [5.74, 6) is -0.585. The van der Waals surface area contributed by atoms with E-state index in [0.29, 0.717) is 0 Å². The first-order chi connectivity index (χ1) is 15.1. The molecule has 0 spiro atoms. The van der Waals surface area contributed by atoms with Crippen molar-refractivity contribution in [3.63, 3.8) is 0 Å². The van der Waals surface area contributed by atoms with Crippen molar-refractivity contribution in [3.8, 4) is 6.07 Å². The lowest BCUT2D eigenvalue weighted by molar-refractivity contribution is -0.137. The molecule has 0 heterocycles. The lowest BCUT2D eigenvalue weighted by Crippen LogP contribution is -3.00. The smallest absolute Gasteiger partial charge is 0.348 e.